The minimum absolute atomic E-state index is 0.0478. The van der Waals surface area contributed by atoms with E-state index in [2.05, 4.69) is 4.98 Å². The predicted octanol–water partition coefficient (Wildman–Crippen LogP) is 5.96. The first-order valence-corrected chi connectivity index (χ1v) is 10.6. The molecule has 0 saturated heterocycles. The molecule has 0 aliphatic carbocycles. The van der Waals surface area contributed by atoms with E-state index in [-0.39, 0.29) is 34.9 Å². The first kappa shape index (κ1) is 21.7. The van der Waals surface area contributed by atoms with Crippen LogP contribution in [-0.2, 0) is 4.74 Å². The van der Waals surface area contributed by atoms with Crippen LogP contribution in [0.5, 0.6) is 0 Å². The van der Waals surface area contributed by atoms with Crippen LogP contribution >= 0.6 is 23.4 Å². The van der Waals surface area contributed by atoms with Crippen molar-refractivity contribution in [1.29, 1.82) is 5.26 Å². The number of carbonyl (C=O) groups is 1. The third kappa shape index (κ3) is 4.59. The van der Waals surface area contributed by atoms with Gasteiger partial charge in [0.25, 0.3) is 0 Å². The number of aliphatic hydroxyl groups excluding tert-OH is 1. The largest absolute Gasteiger partial charge is 0.510 e. The second kappa shape index (κ2) is 9.66. The summed E-state index contributed by atoms with van der Waals surface area (Å²) in [5, 5.41) is 21.9. The molecule has 0 aliphatic rings. The van der Waals surface area contributed by atoms with E-state index in [9.17, 15) is 15.2 Å². The van der Waals surface area contributed by atoms with Crippen molar-refractivity contribution in [2.24, 2.45) is 0 Å². The highest BCUT2D eigenvalue weighted by Gasteiger charge is 2.24. The molecule has 0 amide bonds. The van der Waals surface area contributed by atoms with Gasteiger partial charge in [-0.25, -0.2) is 9.78 Å². The van der Waals surface area contributed by atoms with Crippen LogP contribution in [0.3, 0.4) is 0 Å². The molecule has 3 rings (SSSR count). The number of aryl methyl sites for hydroxylation is 1. The van der Waals surface area contributed by atoms with Gasteiger partial charge in [0.15, 0.2) is 0 Å². The molecule has 0 bridgehead atoms. The maximum Gasteiger partial charge on any atom is 0.340 e. The number of aromatic nitrogens is 1. The molecule has 0 spiro atoms. The molecule has 7 heteroatoms. The average molecular weight is 439 g/mol. The topological polar surface area (TPSA) is 83.2 Å². The van der Waals surface area contributed by atoms with E-state index in [1.165, 1.54) is 11.8 Å². The van der Waals surface area contributed by atoms with Crippen molar-refractivity contribution in [3.63, 3.8) is 0 Å². The van der Waals surface area contributed by atoms with Crippen molar-refractivity contribution in [2.45, 2.75) is 18.7 Å². The molecule has 30 heavy (non-hydrogen) atoms. The molecular weight excluding hydrogens is 420 g/mol. The fraction of sp³-hybridized carbons (Fsp3) is 0.174. The van der Waals surface area contributed by atoms with Gasteiger partial charge in [-0.3, -0.25) is 0 Å². The Morgan fingerprint density at radius 2 is 1.93 bits per heavy atom. The van der Waals surface area contributed by atoms with Crippen molar-refractivity contribution in [3.05, 3.63) is 76.1 Å². The summed E-state index contributed by atoms with van der Waals surface area (Å²) >= 11 is 7.25. The van der Waals surface area contributed by atoms with Crippen molar-refractivity contribution < 1.29 is 14.6 Å². The third-order valence-corrected chi connectivity index (χ3v) is 5.73. The van der Waals surface area contributed by atoms with Crippen LogP contribution in [0.2, 0.25) is 5.02 Å². The third-order valence-electron chi connectivity index (χ3n) is 4.46. The van der Waals surface area contributed by atoms with Crippen LogP contribution < -0.4 is 0 Å². The number of carbonyl (C=O) groups excluding carboxylic acids is 1. The van der Waals surface area contributed by atoms with Crippen LogP contribution in [0.4, 0.5) is 0 Å². The predicted molar refractivity (Wildman–Crippen MR) is 120 cm³/mol. The van der Waals surface area contributed by atoms with E-state index in [0.29, 0.717) is 16.1 Å². The van der Waals surface area contributed by atoms with E-state index >= 15 is 0 Å². The number of esters is 1. The van der Waals surface area contributed by atoms with Gasteiger partial charge in [0, 0.05) is 15.3 Å². The maximum atomic E-state index is 12.7. The molecule has 1 N–H and O–H groups in total. The first-order valence-electron chi connectivity index (χ1n) is 9.23. The van der Waals surface area contributed by atoms with E-state index < -0.39 is 5.97 Å². The van der Waals surface area contributed by atoms with Gasteiger partial charge in [-0.15, -0.1) is 11.8 Å². The summed E-state index contributed by atoms with van der Waals surface area (Å²) in [6, 6.07) is 16.5. The van der Waals surface area contributed by atoms with Crippen LogP contribution in [0.15, 0.2) is 59.2 Å². The summed E-state index contributed by atoms with van der Waals surface area (Å²) in [6.45, 7) is 3.69. The van der Waals surface area contributed by atoms with Gasteiger partial charge < -0.3 is 9.84 Å². The van der Waals surface area contributed by atoms with Crippen molar-refractivity contribution in [2.75, 3.05) is 12.4 Å². The number of benzene rings is 2. The lowest BCUT2D eigenvalue weighted by molar-refractivity contribution is 0.0525. The number of nitriles is 1. The molecule has 152 valence electrons. The molecular formula is C23H19ClN2O3S. The lowest BCUT2D eigenvalue weighted by Crippen LogP contribution is -2.13. The van der Waals surface area contributed by atoms with E-state index in [4.69, 9.17) is 16.3 Å². The number of aliphatic hydroxyl groups is 1. The average Bonchev–Trinajstić information content (AvgIpc) is 2.74. The Labute approximate surface area is 184 Å². The molecule has 1 aromatic heterocycles. The Hall–Kier alpha value is -3.01. The van der Waals surface area contributed by atoms with Crippen LogP contribution in [0, 0.1) is 18.3 Å². The number of allylic oxidation sites excluding steroid dienone is 1. The number of ether oxygens (including phenoxy) is 1. The lowest BCUT2D eigenvalue weighted by atomic mass is 9.97. The zero-order valence-electron chi connectivity index (χ0n) is 16.5. The number of nitrogens with zero attached hydrogens (tertiary/aromatic N) is 2. The normalized spacial score (nSPS) is 11.7. The molecule has 0 atom stereocenters. The number of thioether (sulfide) groups is 1. The highest BCUT2D eigenvalue weighted by molar-refractivity contribution is 7.99. The van der Waals surface area contributed by atoms with Crippen molar-refractivity contribution >= 4 is 45.8 Å². The zero-order valence-corrected chi connectivity index (χ0v) is 18.0. The maximum absolute atomic E-state index is 12.7. The molecule has 0 aliphatic heterocycles. The summed E-state index contributed by atoms with van der Waals surface area (Å²) < 4.78 is 5.20. The van der Waals surface area contributed by atoms with Gasteiger partial charge in [-0.1, -0.05) is 29.8 Å². The Kier molecular flexibility index (Phi) is 6.99. The highest BCUT2D eigenvalue weighted by atomic mass is 35.5. The number of hydrogen-bond acceptors (Lipinski definition) is 6. The quantitative estimate of drug-likeness (QED) is 0.221. The molecule has 0 unspecified atom stereocenters. The van der Waals surface area contributed by atoms with Gasteiger partial charge >= 0.3 is 5.97 Å². The zero-order chi connectivity index (χ0) is 21.7. The van der Waals surface area contributed by atoms with Gasteiger partial charge in [0.1, 0.15) is 17.4 Å². The molecule has 0 radical (unpaired) electrons. The fourth-order valence-corrected chi connectivity index (χ4v) is 3.92. The van der Waals surface area contributed by atoms with Crippen LogP contribution in [-0.4, -0.2) is 28.4 Å². The summed E-state index contributed by atoms with van der Waals surface area (Å²) in [5.41, 5.74) is 1.55. The Bertz CT molecular complexity index is 1170. The van der Waals surface area contributed by atoms with Crippen molar-refractivity contribution in [1.82, 2.24) is 4.98 Å². The second-order valence-electron chi connectivity index (χ2n) is 6.37. The Morgan fingerprint density at radius 3 is 2.60 bits per heavy atom. The molecule has 3 aromatic rings. The highest BCUT2D eigenvalue weighted by Crippen LogP contribution is 2.30. The molecule has 5 nitrogen and oxygen atoms in total. The molecule has 2 aromatic carbocycles. The molecule has 0 saturated carbocycles. The minimum Gasteiger partial charge on any atom is -0.510 e. The van der Waals surface area contributed by atoms with Crippen LogP contribution in [0.1, 0.15) is 28.5 Å². The van der Waals surface area contributed by atoms with Crippen LogP contribution in [0.25, 0.3) is 16.5 Å². The molecule has 0 fully saturated rings. The summed E-state index contributed by atoms with van der Waals surface area (Å²) in [5.74, 6) is -0.597. The van der Waals surface area contributed by atoms with Crippen molar-refractivity contribution in [3.8, 4) is 6.07 Å². The number of hydrogen-bond donors (Lipinski definition) is 1. The summed E-state index contributed by atoms with van der Waals surface area (Å²) in [7, 11) is 0. The second-order valence-corrected chi connectivity index (χ2v) is 7.86. The number of fused-ring (bicyclic) bond motifs is 1. The summed E-state index contributed by atoms with van der Waals surface area (Å²) in [6.07, 6.45) is 0. The SMILES string of the molecule is CCOC(=O)c1c(/C(C#N)=C(/O)CSc2ccc(Cl)cc2)nc2ccccc2c1C. The monoisotopic (exact) mass is 438 g/mol. The smallest absolute Gasteiger partial charge is 0.340 e. The minimum atomic E-state index is -0.575. The number of halogens is 1. The fourth-order valence-electron chi connectivity index (χ4n) is 3.02. The van der Waals surface area contributed by atoms with E-state index in [0.717, 1.165) is 10.3 Å². The number of rotatable bonds is 6. The standard InChI is InChI=1S/C23H19ClN2O3S/c1-3-29-23(28)21-14(2)17-6-4-5-7-19(17)26-22(21)18(12-25)20(27)13-30-16-10-8-15(24)9-11-16/h4-11,27H,3,13H2,1-2H3/b20-18+. The number of pyridine rings is 1. The molecule has 1 heterocycles. The van der Waals surface area contributed by atoms with Gasteiger partial charge in [-0.05, 0) is 49.7 Å². The lowest BCUT2D eigenvalue weighted by Gasteiger charge is -2.14. The Morgan fingerprint density at radius 1 is 1.23 bits per heavy atom. The first-order chi connectivity index (χ1) is 14.5. The van der Waals surface area contributed by atoms with Gasteiger partial charge in [-0.2, -0.15) is 5.26 Å². The van der Waals surface area contributed by atoms with Gasteiger partial charge in [0.05, 0.1) is 29.1 Å². The van der Waals surface area contributed by atoms with E-state index in [1.807, 2.05) is 36.4 Å². The number of para-hydroxylation sites is 1. The van der Waals surface area contributed by atoms with E-state index in [1.54, 1.807) is 32.0 Å². The Balaban J connectivity index is 2.09. The summed E-state index contributed by atoms with van der Waals surface area (Å²) in [4.78, 5) is 18.1. The van der Waals surface area contributed by atoms with Gasteiger partial charge in [0.2, 0.25) is 0 Å².